The molecular weight excluding hydrogens is 408 g/mol. The molecule has 0 aromatic heterocycles. The van der Waals surface area contributed by atoms with E-state index in [1.807, 2.05) is 31.2 Å². The summed E-state index contributed by atoms with van der Waals surface area (Å²) < 4.78 is 5.55. The third-order valence-corrected chi connectivity index (χ3v) is 6.52. The van der Waals surface area contributed by atoms with Crippen LogP contribution in [0.2, 0.25) is 0 Å². The van der Waals surface area contributed by atoms with Crippen LogP contribution in [0.15, 0.2) is 48.5 Å². The molecule has 2 aromatic carbocycles. The number of hydrogen-bond acceptors (Lipinski definition) is 4. The van der Waals surface area contributed by atoms with Gasteiger partial charge in [0.25, 0.3) is 0 Å². The Kier molecular flexibility index (Phi) is 6.17. The zero-order valence-electron chi connectivity index (χ0n) is 18.1. The number of rotatable bonds is 9. The summed E-state index contributed by atoms with van der Waals surface area (Å²) in [4.78, 5) is 35.9. The van der Waals surface area contributed by atoms with Gasteiger partial charge in [-0.15, -0.1) is 0 Å². The van der Waals surface area contributed by atoms with Crippen molar-refractivity contribution in [2.45, 2.75) is 44.6 Å². The number of carboxylic acid groups (broad SMARTS) is 1. The molecule has 2 amide bonds. The highest BCUT2D eigenvalue weighted by Crippen LogP contribution is 2.45. The first-order valence-electron chi connectivity index (χ1n) is 11.0. The number of alkyl carbamates (subject to hydrolysis) is 1. The molecule has 1 saturated carbocycles. The first kappa shape index (κ1) is 21.9. The fourth-order valence-corrected chi connectivity index (χ4v) is 4.29. The number of carboxylic acids is 1. The number of carbonyl (C=O) groups excluding carboxylic acids is 2. The largest absolute Gasteiger partial charge is 0.481 e. The molecule has 3 N–H and O–H groups in total. The van der Waals surface area contributed by atoms with Crippen LogP contribution >= 0.6 is 0 Å². The van der Waals surface area contributed by atoms with Crippen molar-refractivity contribution >= 4 is 18.0 Å². The lowest BCUT2D eigenvalue weighted by Crippen LogP contribution is -2.41. The summed E-state index contributed by atoms with van der Waals surface area (Å²) >= 11 is 0. The van der Waals surface area contributed by atoms with Crippen LogP contribution in [0, 0.1) is 5.41 Å². The molecule has 1 unspecified atom stereocenters. The van der Waals surface area contributed by atoms with Crippen LogP contribution < -0.4 is 10.6 Å². The van der Waals surface area contributed by atoms with E-state index in [-0.39, 0.29) is 37.4 Å². The lowest BCUT2D eigenvalue weighted by molar-refractivity contribution is -0.143. The molecule has 0 saturated heterocycles. The lowest BCUT2D eigenvalue weighted by Gasteiger charge is -2.19. The summed E-state index contributed by atoms with van der Waals surface area (Å²) in [5.74, 6) is -1.17. The molecule has 2 aliphatic carbocycles. The Labute approximate surface area is 187 Å². The second kappa shape index (κ2) is 9.02. The van der Waals surface area contributed by atoms with Gasteiger partial charge < -0.3 is 20.5 Å². The Bertz CT molecular complexity index is 985. The van der Waals surface area contributed by atoms with Crippen LogP contribution in [0.25, 0.3) is 11.1 Å². The van der Waals surface area contributed by atoms with E-state index < -0.39 is 17.5 Å². The number of nitrogens with one attached hydrogen (secondary N) is 2. The minimum atomic E-state index is -0.874. The van der Waals surface area contributed by atoms with Gasteiger partial charge in [-0.25, -0.2) is 4.79 Å². The maximum atomic E-state index is 12.4. The molecule has 4 rings (SSSR count). The standard InChI is InChI=1S/C25H28N2O5/c1-2-16(13-22(28)26-15-25(11-12-25)23(29)30)27-24(31)32-14-21-19-9-5-3-7-17(19)18-8-4-6-10-20(18)21/h3-10,16,21H,2,11-15H2,1H3,(H,26,28)(H,27,31)(H,29,30). The molecular formula is C25H28N2O5. The molecule has 1 fully saturated rings. The van der Waals surface area contributed by atoms with E-state index in [1.54, 1.807) is 0 Å². The van der Waals surface area contributed by atoms with Gasteiger partial charge in [-0.3, -0.25) is 9.59 Å². The van der Waals surface area contributed by atoms with Crippen molar-refractivity contribution in [3.05, 3.63) is 59.7 Å². The summed E-state index contributed by atoms with van der Waals surface area (Å²) in [6, 6.07) is 15.9. The van der Waals surface area contributed by atoms with Crippen LogP contribution in [-0.2, 0) is 14.3 Å². The summed E-state index contributed by atoms with van der Waals surface area (Å²) in [7, 11) is 0. The van der Waals surface area contributed by atoms with Gasteiger partial charge in [-0.05, 0) is 41.5 Å². The van der Waals surface area contributed by atoms with Crippen LogP contribution in [-0.4, -0.2) is 42.3 Å². The second-order valence-corrected chi connectivity index (χ2v) is 8.64. The first-order valence-corrected chi connectivity index (χ1v) is 11.0. The number of amides is 2. The van der Waals surface area contributed by atoms with Crippen molar-refractivity contribution in [3.8, 4) is 11.1 Å². The highest BCUT2D eigenvalue weighted by atomic mass is 16.5. The summed E-state index contributed by atoms with van der Waals surface area (Å²) in [5, 5.41) is 14.7. The predicted molar refractivity (Wildman–Crippen MR) is 119 cm³/mol. The molecule has 0 radical (unpaired) electrons. The van der Waals surface area contributed by atoms with Gasteiger partial charge in [-0.2, -0.15) is 0 Å². The van der Waals surface area contributed by atoms with Crippen LogP contribution in [0.3, 0.4) is 0 Å². The predicted octanol–water partition coefficient (Wildman–Crippen LogP) is 3.67. The molecule has 1 atom stereocenters. The quantitative estimate of drug-likeness (QED) is 0.556. The maximum absolute atomic E-state index is 12.4. The van der Waals surface area contributed by atoms with Crippen molar-refractivity contribution in [1.29, 1.82) is 0 Å². The second-order valence-electron chi connectivity index (χ2n) is 8.64. The first-order chi connectivity index (χ1) is 15.4. The maximum Gasteiger partial charge on any atom is 0.407 e. The lowest BCUT2D eigenvalue weighted by atomic mass is 9.98. The third-order valence-electron chi connectivity index (χ3n) is 6.52. The van der Waals surface area contributed by atoms with Crippen molar-refractivity contribution in [2.75, 3.05) is 13.2 Å². The Balaban J connectivity index is 1.29. The van der Waals surface area contributed by atoms with Gasteiger partial charge in [0.05, 0.1) is 5.41 Å². The van der Waals surface area contributed by atoms with E-state index in [9.17, 15) is 19.5 Å². The van der Waals surface area contributed by atoms with Crippen molar-refractivity contribution in [2.24, 2.45) is 5.41 Å². The molecule has 0 aliphatic heterocycles. The van der Waals surface area contributed by atoms with E-state index in [1.165, 1.54) is 0 Å². The zero-order chi connectivity index (χ0) is 22.7. The normalized spacial score (nSPS) is 16.4. The highest BCUT2D eigenvalue weighted by molar-refractivity contribution is 5.82. The zero-order valence-corrected chi connectivity index (χ0v) is 18.1. The van der Waals surface area contributed by atoms with E-state index in [2.05, 4.69) is 34.9 Å². The molecule has 2 aliphatic rings. The van der Waals surface area contributed by atoms with Crippen LogP contribution in [0.5, 0.6) is 0 Å². The van der Waals surface area contributed by atoms with E-state index in [0.29, 0.717) is 19.3 Å². The molecule has 7 heteroatoms. The number of ether oxygens (including phenoxy) is 1. The molecule has 0 heterocycles. The van der Waals surface area contributed by atoms with Gasteiger partial charge in [0.15, 0.2) is 0 Å². The van der Waals surface area contributed by atoms with Crippen molar-refractivity contribution in [3.63, 3.8) is 0 Å². The van der Waals surface area contributed by atoms with Gasteiger partial charge >= 0.3 is 12.1 Å². The van der Waals surface area contributed by atoms with Gasteiger partial charge in [0.1, 0.15) is 6.61 Å². The Hall–Kier alpha value is -3.35. The number of hydrogen-bond donors (Lipinski definition) is 3. The number of carbonyl (C=O) groups is 3. The molecule has 168 valence electrons. The fraction of sp³-hybridized carbons (Fsp3) is 0.400. The van der Waals surface area contributed by atoms with E-state index in [4.69, 9.17) is 4.74 Å². The molecule has 0 spiro atoms. The summed E-state index contributed by atoms with van der Waals surface area (Å²) in [6.45, 7) is 2.22. The number of aliphatic carboxylic acids is 1. The Morgan fingerprint density at radius 3 is 2.19 bits per heavy atom. The summed E-state index contributed by atoms with van der Waals surface area (Å²) in [6.07, 6.45) is 1.24. The Morgan fingerprint density at radius 2 is 1.66 bits per heavy atom. The van der Waals surface area contributed by atoms with E-state index in [0.717, 1.165) is 22.3 Å². The minimum absolute atomic E-state index is 0.0257. The number of benzene rings is 2. The topological polar surface area (TPSA) is 105 Å². The molecule has 32 heavy (non-hydrogen) atoms. The van der Waals surface area contributed by atoms with Gasteiger partial charge in [0, 0.05) is 24.9 Å². The van der Waals surface area contributed by atoms with Crippen molar-refractivity contribution < 1.29 is 24.2 Å². The highest BCUT2D eigenvalue weighted by Gasteiger charge is 2.50. The average molecular weight is 437 g/mol. The number of fused-ring (bicyclic) bond motifs is 3. The molecule has 0 bridgehead atoms. The summed E-state index contributed by atoms with van der Waals surface area (Å²) in [5.41, 5.74) is 3.79. The molecule has 2 aromatic rings. The van der Waals surface area contributed by atoms with E-state index >= 15 is 0 Å². The minimum Gasteiger partial charge on any atom is -0.481 e. The van der Waals surface area contributed by atoms with Gasteiger partial charge in [0.2, 0.25) is 5.91 Å². The average Bonchev–Trinajstić information content (AvgIpc) is 3.53. The fourth-order valence-electron chi connectivity index (χ4n) is 4.29. The SMILES string of the molecule is CCC(CC(=O)NCC1(C(=O)O)CC1)NC(=O)OCC1c2ccccc2-c2ccccc21. The Morgan fingerprint density at radius 1 is 1.06 bits per heavy atom. The van der Waals surface area contributed by atoms with Crippen LogP contribution in [0.1, 0.15) is 49.7 Å². The smallest absolute Gasteiger partial charge is 0.407 e. The monoisotopic (exact) mass is 436 g/mol. The molecule has 7 nitrogen and oxygen atoms in total. The van der Waals surface area contributed by atoms with Crippen LogP contribution in [0.4, 0.5) is 4.79 Å². The van der Waals surface area contributed by atoms with Gasteiger partial charge in [-0.1, -0.05) is 55.5 Å². The van der Waals surface area contributed by atoms with Crippen molar-refractivity contribution in [1.82, 2.24) is 10.6 Å². The third kappa shape index (κ3) is 4.47.